The average molecular weight is 94.0 g/mol. The first kappa shape index (κ1) is 9.88. The summed E-state index contributed by atoms with van der Waals surface area (Å²) in [6.07, 6.45) is 5.83. The van der Waals surface area contributed by atoms with Crippen LogP contribution in [0.1, 0.15) is 0 Å². The summed E-state index contributed by atoms with van der Waals surface area (Å²) in [5.41, 5.74) is 0. The van der Waals surface area contributed by atoms with Gasteiger partial charge in [0.1, 0.15) is 0 Å². The molecule has 1 aromatic heterocycles. The molecule has 34 valence electrons. The zero-order valence-corrected chi connectivity index (χ0v) is 4.01. The average Bonchev–Trinajstić information content (AvgIpc) is 1.76. The molecule has 1 rings (SSSR count). The van der Waals surface area contributed by atoms with E-state index in [0.717, 1.165) is 0 Å². The summed E-state index contributed by atoms with van der Waals surface area (Å²) in [6.45, 7) is 0. The predicted molar refractivity (Wildman–Crippen MR) is 19.9 cm³/mol. The fourth-order valence-electron chi connectivity index (χ4n) is 0.186. The predicted octanol–water partition coefficient (Wildman–Crippen LogP) is -2.63. The van der Waals surface area contributed by atoms with Gasteiger partial charge in [-0.2, -0.15) is 0 Å². The van der Waals surface area contributed by atoms with E-state index in [1.165, 1.54) is 0 Å². The normalized spacial score (nSPS) is 5.71. The van der Waals surface area contributed by atoms with Crippen LogP contribution in [-0.2, 0) is 0 Å². The number of nitrogens with one attached hydrogen (secondary N) is 1. The summed E-state index contributed by atoms with van der Waals surface area (Å²) in [7, 11) is 0. The van der Waals surface area contributed by atoms with Gasteiger partial charge in [-0.15, -0.1) is 12.4 Å². The molecule has 0 unspecified atom stereocenters. The molecule has 0 radical (unpaired) electrons. The number of hydrogen-bond acceptors (Lipinski definition) is 1. The Kier molecular flexibility index (Phi) is 8.10. The maximum Gasteiger partial charge on any atom is 1.00 e. The van der Waals surface area contributed by atoms with Crippen LogP contribution in [0, 0.1) is 6.33 Å². The van der Waals surface area contributed by atoms with E-state index in [1.54, 1.807) is 12.4 Å². The molecule has 7 heavy (non-hydrogen) atoms. The van der Waals surface area contributed by atoms with E-state index in [4.69, 9.17) is 0 Å². The molecule has 0 spiro atoms. The van der Waals surface area contributed by atoms with Crippen molar-refractivity contribution in [2.24, 2.45) is 0 Å². The van der Waals surface area contributed by atoms with Crippen LogP contribution in [0.25, 0.3) is 0 Å². The zero-order chi connectivity index (χ0) is 3.54. The summed E-state index contributed by atoms with van der Waals surface area (Å²) in [5, 5.41) is 0. The number of halogens is 1. The van der Waals surface area contributed by atoms with Gasteiger partial charge in [0.05, 0.1) is 0 Å². The van der Waals surface area contributed by atoms with Crippen molar-refractivity contribution in [3.05, 3.63) is 18.7 Å². The summed E-state index contributed by atoms with van der Waals surface area (Å²) >= 11 is 0. The van der Waals surface area contributed by atoms with Crippen LogP contribution >= 0.6 is 0 Å². The van der Waals surface area contributed by atoms with Gasteiger partial charge >= 0.3 is 18.9 Å². The van der Waals surface area contributed by atoms with Gasteiger partial charge in [0, 0.05) is 0 Å². The molecule has 0 amide bonds. The maximum absolute atomic E-state index is 3.54. The quantitative estimate of drug-likeness (QED) is 0.276. The Morgan fingerprint density at radius 3 is 2.43 bits per heavy atom. The Morgan fingerprint density at radius 2 is 2.29 bits per heavy atom. The van der Waals surface area contributed by atoms with Crippen molar-refractivity contribution in [3.8, 4) is 0 Å². The molecule has 0 saturated carbocycles. The molecule has 1 aromatic rings. The molecular formula is C3H4FLiN2. The monoisotopic (exact) mass is 94.1 g/mol. The molecular weight excluding hydrogens is 90.0 g/mol. The molecule has 2 nitrogen and oxygen atoms in total. The smallest absolute Gasteiger partial charge is 0.467 e. The number of aromatic nitrogens is 2. The molecule has 0 aliphatic carbocycles. The van der Waals surface area contributed by atoms with E-state index in [0.29, 0.717) is 0 Å². The van der Waals surface area contributed by atoms with Gasteiger partial charge in [-0.25, -0.2) is 0 Å². The molecule has 0 fully saturated rings. The van der Waals surface area contributed by atoms with Crippen molar-refractivity contribution in [1.29, 1.82) is 0 Å². The molecule has 1 heterocycles. The van der Waals surface area contributed by atoms with Crippen LogP contribution in [-0.4, -0.2) is 9.97 Å². The van der Waals surface area contributed by atoms with Crippen LogP contribution in [0.3, 0.4) is 0 Å². The van der Waals surface area contributed by atoms with Gasteiger partial charge in [0.25, 0.3) is 0 Å². The van der Waals surface area contributed by atoms with Crippen molar-refractivity contribution in [1.82, 2.24) is 9.97 Å². The zero-order valence-electron chi connectivity index (χ0n) is 4.01. The summed E-state index contributed by atoms with van der Waals surface area (Å²) in [6, 6.07) is 0. The van der Waals surface area contributed by atoms with E-state index in [-0.39, 0.29) is 23.6 Å². The minimum absolute atomic E-state index is 0. The minimum atomic E-state index is 0. The van der Waals surface area contributed by atoms with Gasteiger partial charge in [-0.3, -0.25) is 4.70 Å². The first-order chi connectivity index (χ1) is 2.50. The fraction of sp³-hybridized carbons (Fsp3) is 0. The summed E-state index contributed by atoms with van der Waals surface area (Å²) in [4.78, 5) is 6.17. The molecule has 0 saturated heterocycles. The van der Waals surface area contributed by atoms with E-state index < -0.39 is 0 Å². The Hall–Kier alpha value is -0.263. The number of H-pyrrole nitrogens is 1. The topological polar surface area (TPSA) is 28.7 Å². The number of nitrogens with zero attached hydrogens (tertiary/aromatic N) is 1. The minimum Gasteiger partial charge on any atom is -0.467 e. The van der Waals surface area contributed by atoms with Crippen molar-refractivity contribution < 1.29 is 23.6 Å². The molecule has 4 heteroatoms. The molecule has 0 aliphatic heterocycles. The van der Waals surface area contributed by atoms with Crippen LogP contribution in [0.4, 0.5) is 4.70 Å². The van der Waals surface area contributed by atoms with Gasteiger partial charge < -0.3 is 9.97 Å². The summed E-state index contributed by atoms with van der Waals surface area (Å²) < 4.78 is 0. The van der Waals surface area contributed by atoms with Crippen molar-refractivity contribution in [3.63, 3.8) is 0 Å². The van der Waals surface area contributed by atoms with E-state index >= 15 is 0 Å². The van der Waals surface area contributed by atoms with E-state index in [9.17, 15) is 0 Å². The first-order valence-corrected chi connectivity index (χ1v) is 1.35. The van der Waals surface area contributed by atoms with Crippen LogP contribution in [0.5, 0.6) is 0 Å². The third-order valence-corrected chi connectivity index (χ3v) is 0.362. The second kappa shape index (κ2) is 5.74. The first-order valence-electron chi connectivity index (χ1n) is 1.35. The Morgan fingerprint density at radius 1 is 1.57 bits per heavy atom. The number of hydrogen-bond donors (Lipinski definition) is 1. The van der Waals surface area contributed by atoms with Gasteiger partial charge in [0.2, 0.25) is 0 Å². The fourth-order valence-corrected chi connectivity index (χ4v) is 0.186. The Labute approximate surface area is 52.9 Å². The van der Waals surface area contributed by atoms with E-state index in [2.05, 4.69) is 16.3 Å². The third-order valence-electron chi connectivity index (χ3n) is 0.362. The summed E-state index contributed by atoms with van der Waals surface area (Å²) in [5.74, 6) is 0. The van der Waals surface area contributed by atoms with Gasteiger partial charge in [-0.1, -0.05) is 0 Å². The number of aromatic amines is 1. The SMILES string of the molecule is F.[Li+].[c-]1ncc[nH]1. The largest absolute Gasteiger partial charge is 1.00 e. The molecule has 0 aliphatic rings. The van der Waals surface area contributed by atoms with Crippen molar-refractivity contribution in [2.75, 3.05) is 0 Å². The molecule has 0 atom stereocenters. The van der Waals surface area contributed by atoms with Crippen LogP contribution in [0.2, 0.25) is 0 Å². The van der Waals surface area contributed by atoms with Crippen molar-refractivity contribution in [2.45, 2.75) is 0 Å². The second-order valence-electron chi connectivity index (χ2n) is 0.701. The van der Waals surface area contributed by atoms with Crippen LogP contribution < -0.4 is 18.9 Å². The van der Waals surface area contributed by atoms with E-state index in [1.807, 2.05) is 0 Å². The second-order valence-corrected chi connectivity index (χ2v) is 0.701. The van der Waals surface area contributed by atoms with Crippen molar-refractivity contribution >= 4 is 0 Å². The molecule has 0 aromatic carbocycles. The third kappa shape index (κ3) is 3.57. The van der Waals surface area contributed by atoms with Crippen LogP contribution in [0.15, 0.2) is 12.4 Å². The van der Waals surface area contributed by atoms with Gasteiger partial charge in [-0.05, 0) is 6.33 Å². The number of imidazole rings is 1. The maximum atomic E-state index is 3.54. The Balaban J connectivity index is 0. The Bertz CT molecular complexity index is 69.4. The molecule has 1 N–H and O–H groups in total. The standard InChI is InChI=1S/C3H3N2.FH.Li/c1-2-5-3-4-1;;/h1-2H,(H,4,5);1H;/q-1;;+1. The number of rotatable bonds is 0. The van der Waals surface area contributed by atoms with Gasteiger partial charge in [0.15, 0.2) is 0 Å². The molecule has 0 bridgehead atoms.